The maximum absolute atomic E-state index is 11.9. The van der Waals surface area contributed by atoms with Crippen molar-refractivity contribution in [2.75, 3.05) is 0 Å². The van der Waals surface area contributed by atoms with Gasteiger partial charge in [0.2, 0.25) is 5.88 Å². The van der Waals surface area contributed by atoms with E-state index < -0.39 is 17.6 Å². The third kappa shape index (κ3) is 7.26. The van der Waals surface area contributed by atoms with Crippen molar-refractivity contribution < 1.29 is 29.0 Å². The molecule has 1 aliphatic rings. The highest BCUT2D eigenvalue weighted by Crippen LogP contribution is 2.35. The SMILES string of the molecule is CC(C)(C)OC(=O)NC1CC(Oc2ccc(C(C)(C)c3ccc(Oc4cccc(C(=O)NO)n4)cc3)cc2)C1. The zero-order valence-corrected chi connectivity index (χ0v) is 22.9. The molecule has 0 aliphatic heterocycles. The second kappa shape index (κ2) is 11.3. The van der Waals surface area contributed by atoms with E-state index in [9.17, 15) is 9.59 Å². The Balaban J connectivity index is 1.31. The van der Waals surface area contributed by atoms with Crippen molar-refractivity contribution in [3.05, 3.63) is 83.6 Å². The van der Waals surface area contributed by atoms with E-state index in [-0.39, 0.29) is 29.1 Å². The smallest absolute Gasteiger partial charge is 0.407 e. The maximum Gasteiger partial charge on any atom is 0.407 e. The number of rotatable bonds is 8. The van der Waals surface area contributed by atoms with Gasteiger partial charge in [-0.3, -0.25) is 10.0 Å². The van der Waals surface area contributed by atoms with Crippen LogP contribution in [0.15, 0.2) is 66.7 Å². The summed E-state index contributed by atoms with van der Waals surface area (Å²) in [6.45, 7) is 9.83. The summed E-state index contributed by atoms with van der Waals surface area (Å²) in [7, 11) is 0. The van der Waals surface area contributed by atoms with Crippen LogP contribution in [0.5, 0.6) is 17.4 Å². The Bertz CT molecular complexity index is 1290. The van der Waals surface area contributed by atoms with Gasteiger partial charge in [0.1, 0.15) is 28.9 Å². The van der Waals surface area contributed by atoms with E-state index in [1.165, 1.54) is 6.07 Å². The van der Waals surface area contributed by atoms with Crippen LogP contribution in [0.3, 0.4) is 0 Å². The zero-order chi connectivity index (χ0) is 28.2. The van der Waals surface area contributed by atoms with Gasteiger partial charge in [0.05, 0.1) is 0 Å². The first-order valence-electron chi connectivity index (χ1n) is 12.9. The molecule has 1 saturated carbocycles. The summed E-state index contributed by atoms with van der Waals surface area (Å²) in [5.41, 5.74) is 3.06. The molecule has 1 aromatic heterocycles. The number of pyridine rings is 1. The molecule has 206 valence electrons. The van der Waals surface area contributed by atoms with E-state index in [1.807, 2.05) is 57.2 Å². The monoisotopic (exact) mass is 533 g/mol. The molecule has 1 heterocycles. The molecule has 9 nitrogen and oxygen atoms in total. The highest BCUT2D eigenvalue weighted by molar-refractivity contribution is 5.91. The number of nitrogens with zero attached hydrogens (tertiary/aromatic N) is 1. The minimum atomic E-state index is -0.707. The minimum Gasteiger partial charge on any atom is -0.490 e. The van der Waals surface area contributed by atoms with E-state index in [0.717, 1.165) is 29.7 Å². The van der Waals surface area contributed by atoms with Crippen molar-refractivity contribution in [2.45, 2.75) is 70.6 Å². The second-order valence-electron chi connectivity index (χ2n) is 11.1. The molecule has 0 atom stereocenters. The topological polar surface area (TPSA) is 119 Å². The second-order valence-corrected chi connectivity index (χ2v) is 11.1. The van der Waals surface area contributed by atoms with Crippen LogP contribution in [0.25, 0.3) is 0 Å². The van der Waals surface area contributed by atoms with Crippen molar-refractivity contribution in [3.8, 4) is 17.4 Å². The maximum atomic E-state index is 11.9. The van der Waals surface area contributed by atoms with Gasteiger partial charge in [-0.1, -0.05) is 44.2 Å². The molecule has 4 rings (SSSR count). The molecule has 2 aromatic carbocycles. The van der Waals surface area contributed by atoms with Gasteiger partial charge in [0.25, 0.3) is 5.91 Å². The largest absolute Gasteiger partial charge is 0.490 e. The van der Waals surface area contributed by atoms with Crippen LogP contribution in [0, 0.1) is 0 Å². The summed E-state index contributed by atoms with van der Waals surface area (Å²) in [6, 6.07) is 20.6. The first-order chi connectivity index (χ1) is 18.4. The number of benzene rings is 2. The average molecular weight is 534 g/mol. The van der Waals surface area contributed by atoms with Crippen LogP contribution in [0.4, 0.5) is 4.79 Å². The molecule has 0 bridgehead atoms. The summed E-state index contributed by atoms with van der Waals surface area (Å²) in [5.74, 6) is 0.911. The molecule has 0 unspecified atom stereocenters. The fourth-order valence-electron chi connectivity index (χ4n) is 4.28. The lowest BCUT2D eigenvalue weighted by Gasteiger charge is -2.36. The standard InChI is InChI=1S/C30H35N3O6/c1-29(2,3)39-28(35)31-21-17-24(18-21)37-22-13-9-19(10-14-22)30(4,5)20-11-15-23(16-12-20)38-26-8-6-7-25(32-26)27(34)33-36/h6-16,21,24,36H,17-18H2,1-5H3,(H,31,35)(H,33,34). The lowest BCUT2D eigenvalue weighted by atomic mass is 9.78. The van der Waals surface area contributed by atoms with Crippen molar-refractivity contribution in [2.24, 2.45) is 0 Å². The number of amides is 2. The van der Waals surface area contributed by atoms with Crippen molar-refractivity contribution in [3.63, 3.8) is 0 Å². The van der Waals surface area contributed by atoms with Crippen LogP contribution >= 0.6 is 0 Å². The van der Waals surface area contributed by atoms with Crippen LogP contribution < -0.4 is 20.3 Å². The lowest BCUT2D eigenvalue weighted by Crippen LogP contribution is -2.50. The molecule has 3 N–H and O–H groups in total. The molecule has 1 fully saturated rings. The Morgan fingerprint density at radius 2 is 1.46 bits per heavy atom. The van der Waals surface area contributed by atoms with E-state index in [0.29, 0.717) is 5.75 Å². The highest BCUT2D eigenvalue weighted by atomic mass is 16.6. The van der Waals surface area contributed by atoms with Crippen LogP contribution in [-0.4, -0.2) is 39.9 Å². The molecule has 0 saturated heterocycles. The average Bonchev–Trinajstić information content (AvgIpc) is 2.86. The minimum absolute atomic E-state index is 0.0507. The number of aromatic nitrogens is 1. The van der Waals surface area contributed by atoms with Crippen molar-refractivity contribution in [1.29, 1.82) is 0 Å². The predicted octanol–water partition coefficient (Wildman–Crippen LogP) is 5.75. The first kappa shape index (κ1) is 27.9. The van der Waals surface area contributed by atoms with Gasteiger partial charge in [-0.25, -0.2) is 15.3 Å². The third-order valence-corrected chi connectivity index (χ3v) is 6.55. The summed E-state index contributed by atoms with van der Waals surface area (Å²) in [5, 5.41) is 11.7. The number of hydrogen-bond donors (Lipinski definition) is 3. The highest BCUT2D eigenvalue weighted by Gasteiger charge is 2.33. The van der Waals surface area contributed by atoms with E-state index >= 15 is 0 Å². The van der Waals surface area contributed by atoms with E-state index in [1.54, 1.807) is 17.6 Å². The van der Waals surface area contributed by atoms with Gasteiger partial charge in [0, 0.05) is 30.4 Å². The third-order valence-electron chi connectivity index (χ3n) is 6.55. The van der Waals surface area contributed by atoms with Crippen molar-refractivity contribution >= 4 is 12.0 Å². The number of hydrogen-bond acceptors (Lipinski definition) is 7. The van der Waals surface area contributed by atoms with Gasteiger partial charge in [-0.2, -0.15) is 0 Å². The number of carbonyl (C=O) groups excluding carboxylic acids is 2. The Hall–Kier alpha value is -4.11. The molecular weight excluding hydrogens is 498 g/mol. The number of nitrogens with one attached hydrogen (secondary N) is 2. The Labute approximate surface area is 228 Å². The quantitative estimate of drug-likeness (QED) is 0.249. The predicted molar refractivity (Wildman–Crippen MR) is 145 cm³/mol. The first-order valence-corrected chi connectivity index (χ1v) is 12.9. The molecule has 2 amide bonds. The zero-order valence-electron chi connectivity index (χ0n) is 22.9. The summed E-state index contributed by atoms with van der Waals surface area (Å²) in [6.07, 6.45) is 1.16. The van der Waals surface area contributed by atoms with Crippen LogP contribution in [-0.2, 0) is 10.2 Å². The number of alkyl carbamates (subject to hydrolysis) is 1. The van der Waals surface area contributed by atoms with Gasteiger partial charge in [-0.05, 0) is 62.2 Å². The number of ether oxygens (including phenoxy) is 3. The van der Waals surface area contributed by atoms with Gasteiger partial charge >= 0.3 is 6.09 Å². The van der Waals surface area contributed by atoms with Gasteiger partial charge in [0.15, 0.2) is 0 Å². The van der Waals surface area contributed by atoms with Crippen molar-refractivity contribution in [1.82, 2.24) is 15.8 Å². The van der Waals surface area contributed by atoms with Gasteiger partial charge in [-0.15, -0.1) is 0 Å². The fourth-order valence-corrected chi connectivity index (χ4v) is 4.28. The normalized spacial score (nSPS) is 17.0. The Kier molecular flexibility index (Phi) is 8.11. The Morgan fingerprint density at radius 1 is 0.872 bits per heavy atom. The molecule has 1 aliphatic carbocycles. The summed E-state index contributed by atoms with van der Waals surface area (Å²) in [4.78, 5) is 27.6. The molecular formula is C30H35N3O6. The molecule has 39 heavy (non-hydrogen) atoms. The fraction of sp³-hybridized carbons (Fsp3) is 0.367. The number of hydroxylamine groups is 1. The number of carbonyl (C=O) groups is 2. The molecule has 0 spiro atoms. The molecule has 3 aromatic rings. The molecule has 9 heteroatoms. The van der Waals surface area contributed by atoms with Gasteiger partial charge < -0.3 is 19.5 Å². The molecule has 0 radical (unpaired) electrons. The summed E-state index contributed by atoms with van der Waals surface area (Å²) < 4.78 is 17.2. The lowest BCUT2D eigenvalue weighted by molar-refractivity contribution is 0.0362. The Morgan fingerprint density at radius 3 is 2.03 bits per heavy atom. The summed E-state index contributed by atoms with van der Waals surface area (Å²) >= 11 is 0. The van der Waals surface area contributed by atoms with Crippen LogP contribution in [0.1, 0.15) is 69.1 Å². The van der Waals surface area contributed by atoms with E-state index in [2.05, 4.69) is 36.3 Å². The van der Waals surface area contributed by atoms with Crippen LogP contribution in [0.2, 0.25) is 0 Å². The van der Waals surface area contributed by atoms with E-state index in [4.69, 9.17) is 19.4 Å².